The van der Waals surface area contributed by atoms with Gasteiger partial charge in [-0.3, -0.25) is 4.57 Å². The molecule has 1 saturated heterocycles. The van der Waals surface area contributed by atoms with Crippen LogP contribution in [0.25, 0.3) is 0 Å². The highest BCUT2D eigenvalue weighted by molar-refractivity contribution is 7.77. The molecule has 1 aliphatic heterocycles. The van der Waals surface area contributed by atoms with Crippen LogP contribution in [-0.4, -0.2) is 17.8 Å². The van der Waals surface area contributed by atoms with E-state index in [-0.39, 0.29) is 6.04 Å². The minimum absolute atomic E-state index is 0.264. The molecule has 2 fully saturated rings. The molecule has 40 heavy (non-hydrogen) atoms. The first-order valence-electron chi connectivity index (χ1n) is 12.3. The molecular weight excluding hydrogens is 570 g/mol. The molecule has 0 aromatic heterocycles. The third-order valence-electron chi connectivity index (χ3n) is 7.05. The number of rotatable bonds is 5. The predicted molar refractivity (Wildman–Crippen MR) is 144 cm³/mol. The molecule has 0 unspecified atom stereocenters. The Hall–Kier alpha value is -2.18. The van der Waals surface area contributed by atoms with E-state index in [9.17, 15) is 30.9 Å². The molecule has 5 radical (unpaired) electrons. The topological polar surface area (TPSA) is 29.5 Å². The molecule has 3 aromatic carbocycles. The largest absolute Gasteiger partial charge is 0.416 e. The molecule has 0 bridgehead atoms. The van der Waals surface area contributed by atoms with Crippen molar-refractivity contribution in [3.8, 4) is 0 Å². The van der Waals surface area contributed by atoms with E-state index in [1.54, 1.807) is 31.0 Å². The van der Waals surface area contributed by atoms with Crippen LogP contribution in [0.15, 0.2) is 78.9 Å². The maximum absolute atomic E-state index is 14.6. The highest BCUT2D eigenvalue weighted by Gasteiger charge is 2.57. The van der Waals surface area contributed by atoms with Crippen molar-refractivity contribution >= 4 is 26.1 Å². The van der Waals surface area contributed by atoms with E-state index in [2.05, 4.69) is 0 Å². The fraction of sp³-hybridized carbons (Fsp3) is 0.207. The predicted octanol–water partition coefficient (Wildman–Crippen LogP) is 8.13. The number of hydrogen-bond donors (Lipinski definition) is 0. The summed E-state index contributed by atoms with van der Waals surface area (Å²) in [5.74, 6) is 0. The van der Waals surface area contributed by atoms with E-state index < -0.39 is 45.0 Å². The SMILES string of the molecule is C[C@H]1[C@@H](c2ccccc2)O[P@@](=O)([C]2[CH][CH][CH][C]2P(c2ccc(C(F)(F)F)cc2)c2ccc(C(F)(F)F)cc2)N1C. The van der Waals surface area contributed by atoms with Gasteiger partial charge in [-0.05, 0) is 81.6 Å². The first-order valence-corrected chi connectivity index (χ1v) is 15.2. The van der Waals surface area contributed by atoms with Crippen LogP contribution in [0.4, 0.5) is 26.3 Å². The minimum Gasteiger partial charge on any atom is -0.307 e. The molecule has 3 nitrogen and oxygen atoms in total. The smallest absolute Gasteiger partial charge is 0.307 e. The van der Waals surface area contributed by atoms with Crippen LogP contribution in [0, 0.1) is 30.6 Å². The Kier molecular flexibility index (Phi) is 7.99. The summed E-state index contributed by atoms with van der Waals surface area (Å²) in [6.45, 7) is 1.90. The Balaban J connectivity index is 1.55. The Morgan fingerprint density at radius 1 is 0.775 bits per heavy atom. The third-order valence-corrected chi connectivity index (χ3v) is 12.4. The Morgan fingerprint density at radius 3 is 1.75 bits per heavy atom. The molecule has 3 atom stereocenters. The van der Waals surface area contributed by atoms with Gasteiger partial charge in [-0.25, -0.2) is 4.67 Å². The van der Waals surface area contributed by atoms with Crippen molar-refractivity contribution in [3.63, 3.8) is 0 Å². The summed E-state index contributed by atoms with van der Waals surface area (Å²) >= 11 is 0. The van der Waals surface area contributed by atoms with Gasteiger partial charge in [0.25, 0.3) is 7.52 Å². The number of alkyl halides is 6. The lowest BCUT2D eigenvalue weighted by Crippen LogP contribution is -2.26. The molecule has 1 aliphatic carbocycles. The van der Waals surface area contributed by atoms with Gasteiger partial charge in [0.1, 0.15) is 6.10 Å². The molecule has 0 amide bonds. The van der Waals surface area contributed by atoms with Crippen molar-refractivity contribution < 1.29 is 35.4 Å². The number of hydrogen-bond acceptors (Lipinski definition) is 2. The van der Waals surface area contributed by atoms with Crippen LogP contribution in [-0.2, 0) is 21.4 Å². The van der Waals surface area contributed by atoms with Gasteiger partial charge in [-0.15, -0.1) is 0 Å². The molecule has 2 aliphatic rings. The quantitative estimate of drug-likeness (QED) is 0.221. The average Bonchev–Trinajstić information content (AvgIpc) is 3.49. The molecule has 0 N–H and O–H groups in total. The molecule has 0 spiro atoms. The lowest BCUT2D eigenvalue weighted by Gasteiger charge is -2.34. The highest BCUT2D eigenvalue weighted by atomic mass is 31.2. The fourth-order valence-electron chi connectivity index (χ4n) is 4.82. The zero-order chi connectivity index (χ0) is 28.9. The van der Waals surface area contributed by atoms with Crippen molar-refractivity contribution in [1.82, 2.24) is 4.67 Å². The number of halogens is 6. The van der Waals surface area contributed by atoms with E-state index in [0.717, 1.165) is 29.8 Å². The lowest BCUT2D eigenvalue weighted by molar-refractivity contribution is -0.138. The van der Waals surface area contributed by atoms with Gasteiger partial charge in [0.2, 0.25) is 0 Å². The van der Waals surface area contributed by atoms with Gasteiger partial charge in [0, 0.05) is 11.7 Å². The van der Waals surface area contributed by atoms with Crippen molar-refractivity contribution in [1.29, 1.82) is 0 Å². The Labute approximate surface area is 230 Å². The number of likely N-dealkylation sites (N-methyl/N-ethyl adjacent to an activating group) is 1. The van der Waals surface area contributed by atoms with Crippen LogP contribution in [0.5, 0.6) is 0 Å². The second-order valence-corrected chi connectivity index (χ2v) is 14.0. The molecule has 5 rings (SSSR count). The minimum atomic E-state index is -4.55. The Morgan fingerprint density at radius 2 is 1.27 bits per heavy atom. The first-order chi connectivity index (χ1) is 18.8. The maximum atomic E-state index is 14.6. The summed E-state index contributed by atoms with van der Waals surface area (Å²) < 4.78 is 102. The summed E-state index contributed by atoms with van der Waals surface area (Å²) in [7, 11) is -3.65. The normalized spacial score (nSPS) is 25.2. The van der Waals surface area contributed by atoms with Gasteiger partial charge < -0.3 is 4.52 Å². The summed E-state index contributed by atoms with van der Waals surface area (Å²) in [5, 5.41) is 0.938. The van der Waals surface area contributed by atoms with Crippen molar-refractivity contribution in [2.75, 3.05) is 7.05 Å². The highest BCUT2D eigenvalue weighted by Crippen LogP contribution is 2.76. The zero-order valence-electron chi connectivity index (χ0n) is 21.3. The van der Waals surface area contributed by atoms with Crippen molar-refractivity contribution in [3.05, 3.63) is 126 Å². The fourth-order valence-corrected chi connectivity index (χ4v) is 10.2. The van der Waals surface area contributed by atoms with E-state index >= 15 is 0 Å². The second-order valence-electron chi connectivity index (χ2n) is 9.49. The summed E-state index contributed by atoms with van der Waals surface area (Å²) in [6, 6.07) is 18.2. The molecule has 209 valence electrons. The molecule has 1 heterocycles. The van der Waals surface area contributed by atoms with Crippen molar-refractivity contribution in [2.24, 2.45) is 0 Å². The molecule has 11 heteroatoms. The third kappa shape index (κ3) is 5.51. The van der Waals surface area contributed by atoms with Crippen LogP contribution in [0.2, 0.25) is 0 Å². The zero-order valence-corrected chi connectivity index (χ0v) is 23.1. The van der Waals surface area contributed by atoms with E-state index in [1.807, 2.05) is 37.3 Å². The van der Waals surface area contributed by atoms with Gasteiger partial charge in [0.05, 0.1) is 16.8 Å². The summed E-state index contributed by atoms with van der Waals surface area (Å²) in [5.41, 5.74) is 0.0947. The monoisotopic (exact) mass is 594 g/mol. The molecule has 3 aromatic rings. The van der Waals surface area contributed by atoms with Crippen LogP contribution in [0.3, 0.4) is 0 Å². The average molecular weight is 594 g/mol. The van der Waals surface area contributed by atoms with Gasteiger partial charge >= 0.3 is 12.4 Å². The molecule has 1 saturated carbocycles. The number of nitrogens with zero attached hydrogens (tertiary/aromatic N) is 1. The maximum Gasteiger partial charge on any atom is 0.416 e. The van der Waals surface area contributed by atoms with E-state index in [1.165, 1.54) is 24.3 Å². The van der Waals surface area contributed by atoms with Crippen LogP contribution in [0.1, 0.15) is 29.7 Å². The lowest BCUT2D eigenvalue weighted by atomic mass is 10.0. The summed E-state index contributed by atoms with van der Waals surface area (Å²) in [4.78, 5) is 0. The summed E-state index contributed by atoms with van der Waals surface area (Å²) in [6.07, 6.45) is -4.53. The second kappa shape index (κ2) is 10.9. The molecular formula is C29H24F6NO2P2. The van der Waals surface area contributed by atoms with Gasteiger partial charge in [0.15, 0.2) is 0 Å². The number of benzene rings is 3. The Bertz CT molecular complexity index is 1310. The van der Waals surface area contributed by atoms with Crippen LogP contribution >= 0.6 is 15.4 Å². The van der Waals surface area contributed by atoms with Crippen LogP contribution < -0.4 is 10.6 Å². The standard InChI is InChI=1S/C29H24F6NO2P2/c1-19-27(20-7-4-3-5-8-20)38-40(37,36(19)2)26-10-6-9-25(26)39(23-15-11-21(12-16-23)28(30,31)32)24-17-13-22(14-18-24)29(33,34)35/h3-19,27H,1-2H3/t19-,27-,40-/m0/s1. The first kappa shape index (κ1) is 29.3. The van der Waals surface area contributed by atoms with Gasteiger partial charge in [-0.2, -0.15) is 26.3 Å². The van der Waals surface area contributed by atoms with Crippen molar-refractivity contribution in [2.45, 2.75) is 31.4 Å². The van der Waals surface area contributed by atoms with Gasteiger partial charge in [-0.1, -0.05) is 54.6 Å². The van der Waals surface area contributed by atoms with E-state index in [4.69, 9.17) is 4.52 Å². The van der Waals surface area contributed by atoms with E-state index in [0.29, 0.717) is 21.9 Å².